The van der Waals surface area contributed by atoms with Crippen LogP contribution in [-0.4, -0.2) is 8.67 Å². The van der Waals surface area contributed by atoms with E-state index in [9.17, 15) is 0 Å². The lowest BCUT2D eigenvalue weighted by Gasteiger charge is -2.49. The summed E-state index contributed by atoms with van der Waals surface area (Å²) in [7, 11) is 0. The van der Waals surface area contributed by atoms with Crippen LogP contribution in [0.2, 0.25) is 0 Å². The maximum Gasteiger partial charge on any atom is 0.0288 e. The highest BCUT2D eigenvalue weighted by Gasteiger charge is 2.47. The van der Waals surface area contributed by atoms with Gasteiger partial charge in [0.1, 0.15) is 0 Å². The SMILES string of the molecule is CC1(I)CCC=CC12CCCC(S)C2. The van der Waals surface area contributed by atoms with Crippen molar-refractivity contribution in [3.05, 3.63) is 12.2 Å². The van der Waals surface area contributed by atoms with E-state index in [-0.39, 0.29) is 0 Å². The number of hydrogen-bond acceptors (Lipinski definition) is 1. The molecule has 14 heavy (non-hydrogen) atoms. The van der Waals surface area contributed by atoms with E-state index in [0.717, 1.165) is 0 Å². The van der Waals surface area contributed by atoms with Gasteiger partial charge in [-0.05, 0) is 39.0 Å². The highest BCUT2D eigenvalue weighted by molar-refractivity contribution is 14.1. The topological polar surface area (TPSA) is 0 Å². The largest absolute Gasteiger partial charge is 0.176 e. The second kappa shape index (κ2) is 4.00. The van der Waals surface area contributed by atoms with Crippen molar-refractivity contribution in [3.63, 3.8) is 0 Å². The van der Waals surface area contributed by atoms with Crippen molar-refractivity contribution in [3.8, 4) is 0 Å². The summed E-state index contributed by atoms with van der Waals surface area (Å²) < 4.78 is 0.459. The minimum Gasteiger partial charge on any atom is -0.176 e. The van der Waals surface area contributed by atoms with Crippen LogP contribution in [0.1, 0.15) is 45.4 Å². The summed E-state index contributed by atoms with van der Waals surface area (Å²) in [6.07, 6.45) is 12.8. The summed E-state index contributed by atoms with van der Waals surface area (Å²) in [5, 5.41) is 0.626. The van der Waals surface area contributed by atoms with E-state index < -0.39 is 0 Å². The van der Waals surface area contributed by atoms with Crippen LogP contribution in [-0.2, 0) is 0 Å². The van der Waals surface area contributed by atoms with Crippen LogP contribution in [0, 0.1) is 5.41 Å². The summed E-state index contributed by atoms with van der Waals surface area (Å²) in [5.74, 6) is 0. The molecule has 0 aromatic carbocycles. The fraction of sp³-hybridized carbons (Fsp3) is 0.833. The standard InChI is InChI=1S/C12H19IS/c1-11(13)6-2-3-7-12(11)8-4-5-10(14)9-12/h3,7,10,14H,2,4-6,8-9H2,1H3. The molecule has 80 valence electrons. The van der Waals surface area contributed by atoms with Gasteiger partial charge in [0.2, 0.25) is 0 Å². The molecule has 0 N–H and O–H groups in total. The second-order valence-corrected chi connectivity index (χ2v) is 8.16. The highest BCUT2D eigenvalue weighted by Crippen LogP contribution is 2.55. The zero-order chi connectivity index (χ0) is 10.2. The zero-order valence-electron chi connectivity index (χ0n) is 8.80. The Morgan fingerprint density at radius 1 is 1.43 bits per heavy atom. The third-order valence-electron chi connectivity index (χ3n) is 4.02. The molecule has 0 saturated heterocycles. The van der Waals surface area contributed by atoms with E-state index in [4.69, 9.17) is 0 Å². The molecule has 2 heteroatoms. The zero-order valence-corrected chi connectivity index (χ0v) is 11.9. The first kappa shape index (κ1) is 11.3. The number of thiol groups is 1. The van der Waals surface area contributed by atoms with Crippen molar-refractivity contribution in [2.24, 2.45) is 5.41 Å². The van der Waals surface area contributed by atoms with Crippen molar-refractivity contribution in [2.75, 3.05) is 0 Å². The first-order valence-corrected chi connectivity index (χ1v) is 7.20. The molecule has 0 nitrogen and oxygen atoms in total. The lowest BCUT2D eigenvalue weighted by molar-refractivity contribution is 0.194. The monoisotopic (exact) mass is 322 g/mol. The summed E-state index contributed by atoms with van der Waals surface area (Å²) in [5.41, 5.74) is 0.455. The Kier molecular flexibility index (Phi) is 3.23. The van der Waals surface area contributed by atoms with E-state index in [1.54, 1.807) is 0 Å². The fourth-order valence-corrected chi connectivity index (χ4v) is 4.48. The number of hydrogen-bond donors (Lipinski definition) is 1. The Balaban J connectivity index is 2.26. The molecule has 3 unspecified atom stereocenters. The van der Waals surface area contributed by atoms with Gasteiger partial charge in [-0.25, -0.2) is 0 Å². The third kappa shape index (κ3) is 1.89. The van der Waals surface area contributed by atoms with Crippen molar-refractivity contribution >= 4 is 35.2 Å². The van der Waals surface area contributed by atoms with Crippen LogP contribution >= 0.6 is 35.2 Å². The minimum atomic E-state index is 0.455. The summed E-state index contributed by atoms with van der Waals surface area (Å²) in [4.78, 5) is 0. The van der Waals surface area contributed by atoms with Gasteiger partial charge in [-0.3, -0.25) is 0 Å². The van der Waals surface area contributed by atoms with E-state index in [1.807, 2.05) is 0 Å². The predicted molar refractivity (Wildman–Crippen MR) is 74.5 cm³/mol. The molecule has 2 aliphatic carbocycles. The molecule has 3 atom stereocenters. The molecule has 0 amide bonds. The molecule has 0 radical (unpaired) electrons. The molecule has 0 heterocycles. The smallest absolute Gasteiger partial charge is 0.0288 e. The number of rotatable bonds is 0. The molecule has 0 aromatic heterocycles. The average molecular weight is 322 g/mol. The van der Waals surface area contributed by atoms with Gasteiger partial charge in [0.25, 0.3) is 0 Å². The van der Waals surface area contributed by atoms with Crippen LogP contribution in [0.25, 0.3) is 0 Å². The van der Waals surface area contributed by atoms with Crippen LogP contribution in [0.15, 0.2) is 12.2 Å². The highest BCUT2D eigenvalue weighted by atomic mass is 127. The molecular weight excluding hydrogens is 303 g/mol. The Labute approximate surface area is 106 Å². The van der Waals surface area contributed by atoms with Gasteiger partial charge in [-0.15, -0.1) is 0 Å². The van der Waals surface area contributed by atoms with Gasteiger partial charge in [0.05, 0.1) is 0 Å². The van der Waals surface area contributed by atoms with E-state index in [0.29, 0.717) is 14.1 Å². The average Bonchev–Trinajstić information content (AvgIpc) is 2.11. The number of allylic oxidation sites excluding steroid dienone is 2. The normalized spacial score (nSPS) is 48.4. The van der Waals surface area contributed by atoms with Crippen molar-refractivity contribution in [2.45, 2.75) is 54.1 Å². The Morgan fingerprint density at radius 2 is 2.21 bits per heavy atom. The first-order valence-electron chi connectivity index (χ1n) is 5.60. The van der Waals surface area contributed by atoms with E-state index >= 15 is 0 Å². The molecule has 2 aliphatic rings. The molecular formula is C12H19IS. The van der Waals surface area contributed by atoms with Gasteiger partial charge < -0.3 is 0 Å². The second-order valence-electron chi connectivity index (χ2n) is 5.04. The third-order valence-corrected chi connectivity index (χ3v) is 6.07. The van der Waals surface area contributed by atoms with Gasteiger partial charge in [-0.1, -0.05) is 41.2 Å². The van der Waals surface area contributed by atoms with Gasteiger partial charge in [0, 0.05) is 14.1 Å². The van der Waals surface area contributed by atoms with Gasteiger partial charge >= 0.3 is 0 Å². The van der Waals surface area contributed by atoms with Crippen molar-refractivity contribution in [1.29, 1.82) is 0 Å². The fourth-order valence-electron chi connectivity index (χ4n) is 2.99. The molecule has 1 spiro atoms. The van der Waals surface area contributed by atoms with Crippen LogP contribution in [0.5, 0.6) is 0 Å². The van der Waals surface area contributed by atoms with E-state index in [2.05, 4.69) is 54.3 Å². The maximum absolute atomic E-state index is 4.69. The minimum absolute atomic E-state index is 0.455. The maximum atomic E-state index is 4.69. The summed E-state index contributed by atoms with van der Waals surface area (Å²) >= 11 is 7.37. The van der Waals surface area contributed by atoms with Gasteiger partial charge in [0.15, 0.2) is 0 Å². The van der Waals surface area contributed by atoms with Crippen molar-refractivity contribution in [1.82, 2.24) is 0 Å². The van der Waals surface area contributed by atoms with Crippen LogP contribution in [0.3, 0.4) is 0 Å². The first-order chi connectivity index (χ1) is 6.56. The lowest BCUT2D eigenvalue weighted by Crippen LogP contribution is -2.45. The number of alkyl halides is 1. The molecule has 2 rings (SSSR count). The van der Waals surface area contributed by atoms with Crippen LogP contribution < -0.4 is 0 Å². The van der Waals surface area contributed by atoms with Gasteiger partial charge in [-0.2, -0.15) is 12.6 Å². The quantitative estimate of drug-likeness (QED) is 0.291. The number of halogens is 1. The Morgan fingerprint density at radius 3 is 2.86 bits per heavy atom. The van der Waals surface area contributed by atoms with E-state index in [1.165, 1.54) is 38.5 Å². The Hall–Kier alpha value is 0.820. The molecule has 1 fully saturated rings. The molecule has 0 aromatic rings. The summed E-state index contributed by atoms with van der Waals surface area (Å²) in [6, 6.07) is 0. The van der Waals surface area contributed by atoms with Crippen LogP contribution in [0.4, 0.5) is 0 Å². The molecule has 1 saturated carbocycles. The lowest BCUT2D eigenvalue weighted by atomic mass is 9.63. The predicted octanol–water partition coefficient (Wildman–Crippen LogP) is 4.39. The van der Waals surface area contributed by atoms with Crippen molar-refractivity contribution < 1.29 is 0 Å². The molecule has 0 aliphatic heterocycles. The Bertz CT molecular complexity index is 247. The summed E-state index contributed by atoms with van der Waals surface area (Å²) in [6.45, 7) is 2.43. The molecule has 0 bridgehead atoms.